The number of carbonyl (C=O) groups excluding carboxylic acids is 3. The molecule has 2 aliphatic heterocycles. The first-order valence-corrected chi connectivity index (χ1v) is 9.69. The Kier molecular flexibility index (Phi) is 5.35. The maximum absolute atomic E-state index is 12.5. The zero-order valence-electron chi connectivity index (χ0n) is 16.2. The number of ether oxygens (including phenoxy) is 1. The first kappa shape index (κ1) is 19.5. The lowest BCUT2D eigenvalue weighted by Gasteiger charge is -2.33. The van der Waals surface area contributed by atoms with Gasteiger partial charge in [0, 0.05) is 12.2 Å². The number of amides is 2. The van der Waals surface area contributed by atoms with Crippen molar-refractivity contribution in [1.29, 1.82) is 5.26 Å². The smallest absolute Gasteiger partial charge is 0.338 e. The van der Waals surface area contributed by atoms with Gasteiger partial charge in [0.2, 0.25) is 5.91 Å². The summed E-state index contributed by atoms with van der Waals surface area (Å²) in [5.41, 5.74) is 2.24. The second-order valence-corrected chi connectivity index (χ2v) is 7.12. The van der Waals surface area contributed by atoms with Gasteiger partial charge in [0.25, 0.3) is 5.91 Å². The Morgan fingerprint density at radius 1 is 1.23 bits per heavy atom. The van der Waals surface area contributed by atoms with Crippen molar-refractivity contribution in [3.63, 3.8) is 0 Å². The number of hydrogen-bond acceptors (Lipinski definition) is 6. The molecule has 2 aromatic rings. The van der Waals surface area contributed by atoms with Gasteiger partial charge in [-0.3, -0.25) is 14.5 Å². The largest absolute Gasteiger partial charge is 0.452 e. The molecule has 30 heavy (non-hydrogen) atoms. The molecule has 1 saturated heterocycles. The molecule has 0 saturated carbocycles. The van der Waals surface area contributed by atoms with Gasteiger partial charge in [-0.05, 0) is 43.2 Å². The second-order valence-electron chi connectivity index (χ2n) is 7.12. The SMILES string of the molecule is N#CCN(C(=O)COC(=O)c1ccc2c(c1)NC(=O)[C@@H]1CCCN21)c1ccccc1. The first-order chi connectivity index (χ1) is 14.6. The van der Waals surface area contributed by atoms with E-state index in [9.17, 15) is 14.4 Å². The third-order valence-electron chi connectivity index (χ3n) is 5.28. The van der Waals surface area contributed by atoms with Crippen LogP contribution in [0.1, 0.15) is 23.2 Å². The minimum Gasteiger partial charge on any atom is -0.452 e. The monoisotopic (exact) mass is 404 g/mol. The van der Waals surface area contributed by atoms with Crippen LogP contribution < -0.4 is 15.1 Å². The number of nitrogens with zero attached hydrogens (tertiary/aromatic N) is 3. The summed E-state index contributed by atoms with van der Waals surface area (Å²) in [6, 6.07) is 15.5. The number of rotatable bonds is 5. The van der Waals surface area contributed by atoms with Crippen LogP contribution in [0.25, 0.3) is 0 Å². The standard InChI is InChI=1S/C22H20N4O4/c23-10-12-25(16-5-2-1-3-6-16)20(27)14-30-22(29)15-8-9-18-17(13-15)24-21(28)19-7-4-11-26(18)19/h1-3,5-6,8-9,13,19H,4,7,11-12,14H2,(H,24,28)/t19-/m0/s1. The number of anilines is 3. The zero-order chi connectivity index (χ0) is 21.1. The van der Waals surface area contributed by atoms with Crippen molar-refractivity contribution in [2.75, 3.05) is 34.8 Å². The molecule has 152 valence electrons. The van der Waals surface area contributed by atoms with E-state index in [2.05, 4.69) is 5.32 Å². The maximum atomic E-state index is 12.5. The lowest BCUT2D eigenvalue weighted by Crippen LogP contribution is -2.43. The van der Waals surface area contributed by atoms with E-state index >= 15 is 0 Å². The van der Waals surface area contributed by atoms with Gasteiger partial charge in [-0.25, -0.2) is 4.79 Å². The summed E-state index contributed by atoms with van der Waals surface area (Å²) in [5.74, 6) is -1.24. The highest BCUT2D eigenvalue weighted by Gasteiger charge is 2.36. The van der Waals surface area contributed by atoms with Gasteiger partial charge >= 0.3 is 5.97 Å². The van der Waals surface area contributed by atoms with Crippen molar-refractivity contribution >= 4 is 34.8 Å². The topological polar surface area (TPSA) is 103 Å². The molecular weight excluding hydrogens is 384 g/mol. The van der Waals surface area contributed by atoms with Crippen molar-refractivity contribution in [3.05, 3.63) is 54.1 Å². The van der Waals surface area contributed by atoms with Gasteiger partial charge in [-0.2, -0.15) is 5.26 Å². The number of benzene rings is 2. The van der Waals surface area contributed by atoms with E-state index in [1.165, 1.54) is 4.90 Å². The van der Waals surface area contributed by atoms with Crippen LogP contribution in [-0.4, -0.2) is 43.5 Å². The molecule has 4 rings (SSSR count). The molecule has 0 bridgehead atoms. The number of para-hydroxylation sites is 1. The molecule has 8 nitrogen and oxygen atoms in total. The van der Waals surface area contributed by atoms with Crippen LogP contribution in [0, 0.1) is 11.3 Å². The van der Waals surface area contributed by atoms with Crippen molar-refractivity contribution < 1.29 is 19.1 Å². The van der Waals surface area contributed by atoms with Crippen molar-refractivity contribution in [3.8, 4) is 6.07 Å². The third-order valence-corrected chi connectivity index (χ3v) is 5.28. The van der Waals surface area contributed by atoms with E-state index in [4.69, 9.17) is 10.00 Å². The molecule has 0 aromatic heterocycles. The molecule has 2 aromatic carbocycles. The molecule has 8 heteroatoms. The van der Waals surface area contributed by atoms with Crippen molar-refractivity contribution in [2.45, 2.75) is 18.9 Å². The van der Waals surface area contributed by atoms with Crippen LogP contribution in [0.15, 0.2) is 48.5 Å². The third kappa shape index (κ3) is 3.70. The van der Waals surface area contributed by atoms with Crippen molar-refractivity contribution in [1.82, 2.24) is 0 Å². The van der Waals surface area contributed by atoms with Gasteiger partial charge < -0.3 is 15.0 Å². The number of fused-ring (bicyclic) bond motifs is 3. The fraction of sp³-hybridized carbons (Fsp3) is 0.273. The quantitative estimate of drug-likeness (QED) is 0.606. The average Bonchev–Trinajstić information content (AvgIpc) is 3.27. The Labute approximate surface area is 173 Å². The Hall–Kier alpha value is -3.86. The van der Waals surface area contributed by atoms with Crippen LogP contribution in [0.2, 0.25) is 0 Å². The van der Waals surface area contributed by atoms with Gasteiger partial charge in [0.15, 0.2) is 6.61 Å². The summed E-state index contributed by atoms with van der Waals surface area (Å²) < 4.78 is 5.18. The van der Waals surface area contributed by atoms with Gasteiger partial charge in [-0.15, -0.1) is 0 Å². The Morgan fingerprint density at radius 3 is 2.80 bits per heavy atom. The highest BCUT2D eigenvalue weighted by atomic mass is 16.5. The summed E-state index contributed by atoms with van der Waals surface area (Å²) in [6.45, 7) is 0.160. The highest BCUT2D eigenvalue weighted by Crippen LogP contribution is 2.37. The van der Waals surface area contributed by atoms with E-state index in [0.717, 1.165) is 25.1 Å². The van der Waals surface area contributed by atoms with Crippen LogP contribution >= 0.6 is 0 Å². The predicted molar refractivity (Wildman–Crippen MR) is 110 cm³/mol. The fourth-order valence-electron chi connectivity index (χ4n) is 3.85. The molecule has 0 unspecified atom stereocenters. The molecule has 1 N–H and O–H groups in total. The summed E-state index contributed by atoms with van der Waals surface area (Å²) in [6.07, 6.45) is 1.77. The summed E-state index contributed by atoms with van der Waals surface area (Å²) >= 11 is 0. The predicted octanol–water partition coefficient (Wildman–Crippen LogP) is 2.32. The minimum atomic E-state index is -0.672. The van der Waals surface area contributed by atoms with E-state index in [1.807, 2.05) is 11.0 Å². The van der Waals surface area contributed by atoms with Gasteiger partial charge in [0.1, 0.15) is 12.6 Å². The number of esters is 1. The fourth-order valence-corrected chi connectivity index (χ4v) is 3.85. The summed E-state index contributed by atoms with van der Waals surface area (Å²) in [4.78, 5) is 40.5. The molecule has 2 heterocycles. The first-order valence-electron chi connectivity index (χ1n) is 9.69. The Balaban J connectivity index is 1.44. The Morgan fingerprint density at radius 2 is 2.03 bits per heavy atom. The maximum Gasteiger partial charge on any atom is 0.338 e. The molecule has 0 radical (unpaired) electrons. The number of hydrogen-bond donors (Lipinski definition) is 1. The number of nitrogens with one attached hydrogen (secondary N) is 1. The lowest BCUT2D eigenvalue weighted by molar-refractivity contribution is -0.121. The molecule has 1 fully saturated rings. The zero-order valence-corrected chi connectivity index (χ0v) is 16.2. The van der Waals surface area contributed by atoms with E-state index in [0.29, 0.717) is 11.4 Å². The van der Waals surface area contributed by atoms with Gasteiger partial charge in [0.05, 0.1) is 23.0 Å². The molecule has 0 aliphatic carbocycles. The molecule has 0 spiro atoms. The lowest BCUT2D eigenvalue weighted by atomic mass is 10.1. The van der Waals surface area contributed by atoms with E-state index < -0.39 is 18.5 Å². The van der Waals surface area contributed by atoms with Crippen LogP contribution in [0.3, 0.4) is 0 Å². The van der Waals surface area contributed by atoms with Crippen LogP contribution in [-0.2, 0) is 14.3 Å². The average molecular weight is 404 g/mol. The summed E-state index contributed by atoms with van der Waals surface area (Å²) in [5, 5.41) is 11.9. The van der Waals surface area contributed by atoms with Crippen LogP contribution in [0.5, 0.6) is 0 Å². The van der Waals surface area contributed by atoms with Gasteiger partial charge in [-0.1, -0.05) is 18.2 Å². The molecule has 2 amide bonds. The van der Waals surface area contributed by atoms with Crippen molar-refractivity contribution in [2.24, 2.45) is 0 Å². The number of nitriles is 1. The molecular formula is C22H20N4O4. The molecule has 2 aliphatic rings. The molecule has 1 atom stereocenters. The number of carbonyl (C=O) groups is 3. The highest BCUT2D eigenvalue weighted by molar-refractivity contribution is 6.05. The second kappa shape index (κ2) is 8.25. The van der Waals surface area contributed by atoms with E-state index in [-0.39, 0.29) is 24.1 Å². The normalized spacial score (nSPS) is 16.7. The summed E-state index contributed by atoms with van der Waals surface area (Å²) in [7, 11) is 0. The van der Waals surface area contributed by atoms with E-state index in [1.54, 1.807) is 48.5 Å². The Bertz CT molecular complexity index is 1030. The van der Waals surface area contributed by atoms with Crippen LogP contribution in [0.4, 0.5) is 17.1 Å². The minimum absolute atomic E-state index is 0.0734.